The number of hydrogen-bond acceptors (Lipinski definition) is 2. The summed E-state index contributed by atoms with van der Waals surface area (Å²) in [5.74, 6) is 1.05. The molecule has 1 aliphatic heterocycles. The Labute approximate surface area is 105 Å². The van der Waals surface area contributed by atoms with Gasteiger partial charge < -0.3 is 4.90 Å². The van der Waals surface area contributed by atoms with E-state index in [2.05, 4.69) is 37.9 Å². The minimum Gasteiger partial charge on any atom is -0.326 e. The summed E-state index contributed by atoms with van der Waals surface area (Å²) in [6, 6.07) is 0.0758. The average Bonchev–Trinajstić information content (AvgIpc) is 2.76. The molecule has 17 heavy (non-hydrogen) atoms. The highest BCUT2D eigenvalue weighted by molar-refractivity contribution is 5.84. The Morgan fingerprint density at radius 3 is 2.53 bits per heavy atom. The van der Waals surface area contributed by atoms with Crippen molar-refractivity contribution in [3.8, 4) is 0 Å². The fourth-order valence-corrected chi connectivity index (χ4v) is 2.92. The quantitative estimate of drug-likeness (QED) is 0.797. The van der Waals surface area contributed by atoms with Crippen LogP contribution in [0, 0.1) is 11.3 Å². The van der Waals surface area contributed by atoms with Gasteiger partial charge in [-0.15, -0.1) is 0 Å². The van der Waals surface area contributed by atoms with E-state index in [1.54, 1.807) is 0 Å². The molecule has 3 nitrogen and oxygen atoms in total. The number of carbonyl (C=O) groups is 1. The Hall–Kier alpha value is -0.570. The third-order valence-corrected chi connectivity index (χ3v) is 4.45. The number of nitrogens with zero attached hydrogens (tertiary/aromatic N) is 1. The van der Waals surface area contributed by atoms with E-state index in [1.165, 1.54) is 6.42 Å². The summed E-state index contributed by atoms with van der Waals surface area (Å²) in [5.41, 5.74) is 0.460. The lowest BCUT2D eigenvalue weighted by atomic mass is 10.1. The zero-order valence-corrected chi connectivity index (χ0v) is 11.6. The third-order valence-electron chi connectivity index (χ3n) is 4.45. The van der Waals surface area contributed by atoms with Crippen molar-refractivity contribution in [1.29, 1.82) is 0 Å². The monoisotopic (exact) mass is 238 g/mol. The molecule has 1 heterocycles. The Kier molecular flexibility index (Phi) is 3.48. The lowest BCUT2D eigenvalue weighted by Crippen LogP contribution is -2.38. The van der Waals surface area contributed by atoms with Gasteiger partial charge in [-0.3, -0.25) is 10.1 Å². The van der Waals surface area contributed by atoms with Gasteiger partial charge in [0.05, 0.1) is 12.2 Å². The van der Waals surface area contributed by atoms with Crippen LogP contribution in [0.25, 0.3) is 0 Å². The first-order chi connectivity index (χ1) is 7.99. The molecule has 2 rings (SSSR count). The molecule has 0 spiro atoms. The second-order valence-electron chi connectivity index (χ2n) is 6.31. The molecule has 0 aromatic heterocycles. The van der Waals surface area contributed by atoms with Crippen LogP contribution in [0.15, 0.2) is 0 Å². The van der Waals surface area contributed by atoms with E-state index in [9.17, 15) is 4.79 Å². The molecule has 0 bridgehead atoms. The van der Waals surface area contributed by atoms with Gasteiger partial charge in [-0.1, -0.05) is 34.1 Å². The minimum atomic E-state index is 0.0758. The van der Waals surface area contributed by atoms with Crippen molar-refractivity contribution in [2.75, 3.05) is 6.54 Å². The van der Waals surface area contributed by atoms with Gasteiger partial charge in [0.25, 0.3) is 0 Å². The van der Waals surface area contributed by atoms with E-state index in [4.69, 9.17) is 0 Å². The molecular weight excluding hydrogens is 212 g/mol. The van der Waals surface area contributed by atoms with Crippen molar-refractivity contribution in [3.05, 3.63) is 0 Å². The van der Waals surface area contributed by atoms with E-state index in [-0.39, 0.29) is 12.2 Å². The van der Waals surface area contributed by atoms with Crippen molar-refractivity contribution in [2.24, 2.45) is 11.3 Å². The molecule has 1 saturated carbocycles. The number of amides is 1. The summed E-state index contributed by atoms with van der Waals surface area (Å²) in [5, 5.41) is 3.48. The van der Waals surface area contributed by atoms with Gasteiger partial charge in [-0.05, 0) is 30.6 Å². The minimum absolute atomic E-state index is 0.0758. The van der Waals surface area contributed by atoms with Gasteiger partial charge in [-0.25, -0.2) is 0 Å². The molecule has 1 amide bonds. The summed E-state index contributed by atoms with van der Waals surface area (Å²) in [6.07, 6.45) is 4.60. The summed E-state index contributed by atoms with van der Waals surface area (Å²) < 4.78 is 0. The first-order valence-electron chi connectivity index (χ1n) is 7.06. The van der Waals surface area contributed by atoms with Crippen molar-refractivity contribution in [1.82, 2.24) is 10.2 Å². The van der Waals surface area contributed by atoms with Crippen molar-refractivity contribution in [3.63, 3.8) is 0 Å². The molecule has 98 valence electrons. The van der Waals surface area contributed by atoms with E-state index in [0.717, 1.165) is 25.8 Å². The molecule has 2 aliphatic rings. The highest BCUT2D eigenvalue weighted by atomic mass is 16.2. The van der Waals surface area contributed by atoms with E-state index >= 15 is 0 Å². The topological polar surface area (TPSA) is 32.3 Å². The second-order valence-corrected chi connectivity index (χ2v) is 6.31. The van der Waals surface area contributed by atoms with Crippen LogP contribution in [0.5, 0.6) is 0 Å². The van der Waals surface area contributed by atoms with Gasteiger partial charge in [0, 0.05) is 6.54 Å². The van der Waals surface area contributed by atoms with Crippen LogP contribution in [0.3, 0.4) is 0 Å². The van der Waals surface area contributed by atoms with Crippen LogP contribution in [0.4, 0.5) is 0 Å². The summed E-state index contributed by atoms with van der Waals surface area (Å²) in [6.45, 7) is 9.86. The number of rotatable bonds is 5. The second kappa shape index (κ2) is 4.60. The Morgan fingerprint density at radius 2 is 2.06 bits per heavy atom. The molecule has 1 aliphatic carbocycles. The van der Waals surface area contributed by atoms with Crippen LogP contribution in [-0.4, -0.2) is 29.6 Å². The fraction of sp³-hybridized carbons (Fsp3) is 0.929. The van der Waals surface area contributed by atoms with Crippen molar-refractivity contribution < 1.29 is 4.79 Å². The van der Waals surface area contributed by atoms with Crippen LogP contribution < -0.4 is 5.32 Å². The predicted molar refractivity (Wildman–Crippen MR) is 69.5 cm³/mol. The maximum absolute atomic E-state index is 12.3. The van der Waals surface area contributed by atoms with Gasteiger partial charge in [-0.2, -0.15) is 0 Å². The molecule has 3 unspecified atom stereocenters. The molecular formula is C14H26N2O. The lowest BCUT2D eigenvalue weighted by Gasteiger charge is -2.23. The predicted octanol–water partition coefficient (Wildman–Crippen LogP) is 2.37. The largest absolute Gasteiger partial charge is 0.326 e. The summed E-state index contributed by atoms with van der Waals surface area (Å²) in [4.78, 5) is 14.4. The molecule has 1 N–H and O–H groups in total. The number of nitrogens with one attached hydrogen (secondary N) is 1. The standard InChI is InChI=1S/C14H26N2O/c1-5-7-11-13(17)16(12(6-2)15-11)9-10-8-14(10,3)4/h10-12,15H,5-9H2,1-4H3. The molecule has 3 atom stereocenters. The first kappa shape index (κ1) is 12.9. The molecule has 0 radical (unpaired) electrons. The zero-order chi connectivity index (χ0) is 12.6. The van der Waals surface area contributed by atoms with Crippen LogP contribution in [0.2, 0.25) is 0 Å². The van der Waals surface area contributed by atoms with Crippen LogP contribution in [0.1, 0.15) is 53.4 Å². The Bertz CT molecular complexity index is 301. The summed E-state index contributed by atoms with van der Waals surface area (Å²) >= 11 is 0. The lowest BCUT2D eigenvalue weighted by molar-refractivity contribution is -0.130. The maximum atomic E-state index is 12.3. The average molecular weight is 238 g/mol. The molecule has 2 fully saturated rings. The maximum Gasteiger partial charge on any atom is 0.241 e. The molecule has 1 saturated heterocycles. The van der Waals surface area contributed by atoms with E-state index in [0.29, 0.717) is 17.2 Å². The van der Waals surface area contributed by atoms with Crippen LogP contribution >= 0.6 is 0 Å². The Morgan fingerprint density at radius 1 is 1.41 bits per heavy atom. The van der Waals surface area contributed by atoms with Crippen LogP contribution in [-0.2, 0) is 4.79 Å². The number of hydrogen-bond donors (Lipinski definition) is 1. The normalized spacial score (nSPS) is 35.4. The number of carbonyl (C=O) groups excluding carboxylic acids is 1. The van der Waals surface area contributed by atoms with E-state index in [1.807, 2.05) is 0 Å². The van der Waals surface area contributed by atoms with Gasteiger partial charge in [0.1, 0.15) is 0 Å². The van der Waals surface area contributed by atoms with Gasteiger partial charge in [0.2, 0.25) is 5.91 Å². The van der Waals surface area contributed by atoms with Crippen molar-refractivity contribution in [2.45, 2.75) is 65.6 Å². The smallest absolute Gasteiger partial charge is 0.241 e. The zero-order valence-electron chi connectivity index (χ0n) is 11.6. The Balaban J connectivity index is 1.97. The summed E-state index contributed by atoms with van der Waals surface area (Å²) in [7, 11) is 0. The first-order valence-corrected chi connectivity index (χ1v) is 7.06. The highest BCUT2D eigenvalue weighted by Crippen LogP contribution is 2.52. The van der Waals surface area contributed by atoms with Gasteiger partial charge >= 0.3 is 0 Å². The molecule has 0 aromatic rings. The third kappa shape index (κ3) is 2.49. The molecule has 3 heteroatoms. The molecule has 0 aromatic carbocycles. The van der Waals surface area contributed by atoms with E-state index < -0.39 is 0 Å². The fourth-order valence-electron chi connectivity index (χ4n) is 2.92. The van der Waals surface area contributed by atoms with Gasteiger partial charge in [0.15, 0.2) is 0 Å². The SMILES string of the molecule is CCCC1NC(CC)N(CC2CC2(C)C)C1=O. The highest BCUT2D eigenvalue weighted by Gasteiger charge is 2.49. The van der Waals surface area contributed by atoms with Crippen molar-refractivity contribution >= 4 is 5.91 Å².